The summed E-state index contributed by atoms with van der Waals surface area (Å²) < 4.78 is 5.83. The maximum atomic E-state index is 7.31. The lowest BCUT2D eigenvalue weighted by Crippen LogP contribution is -2.23. The van der Waals surface area contributed by atoms with Crippen LogP contribution in [0.4, 0.5) is 0 Å². The SMILES string of the molecule is CC(C)CC(C)OCC1(CC(=N)N)CC1. The molecule has 0 aromatic rings. The minimum atomic E-state index is 0.219. The molecule has 0 amide bonds. The van der Waals surface area contributed by atoms with Crippen molar-refractivity contribution in [1.29, 1.82) is 5.41 Å². The van der Waals surface area contributed by atoms with E-state index >= 15 is 0 Å². The molecule has 88 valence electrons. The lowest BCUT2D eigenvalue weighted by Gasteiger charge is -2.20. The van der Waals surface area contributed by atoms with Gasteiger partial charge in [-0.1, -0.05) is 13.8 Å². The summed E-state index contributed by atoms with van der Waals surface area (Å²) >= 11 is 0. The summed E-state index contributed by atoms with van der Waals surface area (Å²) in [5.74, 6) is 0.982. The van der Waals surface area contributed by atoms with Gasteiger partial charge in [-0.3, -0.25) is 5.41 Å². The van der Waals surface area contributed by atoms with E-state index in [0.29, 0.717) is 24.3 Å². The molecule has 1 unspecified atom stereocenters. The Balaban J connectivity index is 2.21. The van der Waals surface area contributed by atoms with Crippen LogP contribution in [0.3, 0.4) is 0 Å². The molecule has 0 heterocycles. The van der Waals surface area contributed by atoms with Crippen LogP contribution in [0, 0.1) is 16.7 Å². The monoisotopic (exact) mass is 212 g/mol. The molecule has 3 N–H and O–H groups in total. The Bertz CT molecular complexity index is 222. The van der Waals surface area contributed by atoms with Crippen molar-refractivity contribution in [3.63, 3.8) is 0 Å². The molecule has 0 spiro atoms. The Hall–Kier alpha value is -0.570. The molecule has 0 aliphatic heterocycles. The molecule has 0 aromatic carbocycles. The van der Waals surface area contributed by atoms with Gasteiger partial charge < -0.3 is 10.5 Å². The largest absolute Gasteiger partial charge is 0.388 e. The zero-order valence-corrected chi connectivity index (χ0v) is 10.2. The first-order chi connectivity index (χ1) is 6.93. The molecule has 0 aromatic heterocycles. The van der Waals surface area contributed by atoms with Gasteiger partial charge in [0, 0.05) is 11.8 Å². The van der Waals surface area contributed by atoms with Crippen molar-refractivity contribution >= 4 is 5.84 Å². The molecule has 0 saturated heterocycles. The third kappa shape index (κ3) is 4.65. The summed E-state index contributed by atoms with van der Waals surface area (Å²) in [7, 11) is 0. The Morgan fingerprint density at radius 3 is 2.40 bits per heavy atom. The predicted molar refractivity (Wildman–Crippen MR) is 63.1 cm³/mol. The number of amidine groups is 1. The second-order valence-electron chi connectivity index (χ2n) is 5.45. The molecular formula is C12H24N2O. The van der Waals surface area contributed by atoms with Gasteiger partial charge in [-0.05, 0) is 32.1 Å². The normalized spacial score (nSPS) is 20.3. The summed E-state index contributed by atoms with van der Waals surface area (Å²) in [6.07, 6.45) is 4.48. The number of hydrogen-bond acceptors (Lipinski definition) is 2. The topological polar surface area (TPSA) is 59.1 Å². The minimum absolute atomic E-state index is 0.219. The Labute approximate surface area is 92.9 Å². The van der Waals surface area contributed by atoms with Crippen molar-refractivity contribution in [1.82, 2.24) is 0 Å². The lowest BCUT2D eigenvalue weighted by atomic mass is 10.0. The van der Waals surface area contributed by atoms with Crippen molar-refractivity contribution in [2.75, 3.05) is 6.61 Å². The summed E-state index contributed by atoms with van der Waals surface area (Å²) in [5, 5.41) is 7.31. The number of nitrogens with two attached hydrogens (primary N) is 1. The van der Waals surface area contributed by atoms with Gasteiger partial charge in [0.15, 0.2) is 0 Å². The average molecular weight is 212 g/mol. The van der Waals surface area contributed by atoms with Crippen molar-refractivity contribution in [3.05, 3.63) is 0 Å². The van der Waals surface area contributed by atoms with Gasteiger partial charge in [-0.2, -0.15) is 0 Å². The van der Waals surface area contributed by atoms with Crippen molar-refractivity contribution in [2.24, 2.45) is 17.1 Å². The average Bonchev–Trinajstić information content (AvgIpc) is 2.80. The summed E-state index contributed by atoms with van der Waals surface area (Å²) in [6.45, 7) is 7.33. The summed E-state index contributed by atoms with van der Waals surface area (Å²) in [4.78, 5) is 0. The van der Waals surface area contributed by atoms with E-state index in [1.54, 1.807) is 0 Å². The fourth-order valence-corrected chi connectivity index (χ4v) is 2.00. The molecule has 0 radical (unpaired) electrons. The van der Waals surface area contributed by atoms with Crippen LogP contribution in [0.2, 0.25) is 0 Å². The van der Waals surface area contributed by atoms with E-state index in [0.717, 1.165) is 13.0 Å². The molecule has 1 aliphatic carbocycles. The van der Waals surface area contributed by atoms with Gasteiger partial charge in [0.1, 0.15) is 0 Å². The molecular weight excluding hydrogens is 188 g/mol. The van der Waals surface area contributed by atoms with Gasteiger partial charge in [0.25, 0.3) is 0 Å². The fourth-order valence-electron chi connectivity index (χ4n) is 2.00. The van der Waals surface area contributed by atoms with Crippen LogP contribution in [-0.4, -0.2) is 18.5 Å². The van der Waals surface area contributed by atoms with Crippen LogP contribution in [0.5, 0.6) is 0 Å². The summed E-state index contributed by atoms with van der Waals surface area (Å²) in [5.41, 5.74) is 5.65. The fraction of sp³-hybridized carbons (Fsp3) is 0.917. The van der Waals surface area contributed by atoms with Gasteiger partial charge in [-0.25, -0.2) is 0 Å². The van der Waals surface area contributed by atoms with Crippen molar-refractivity contribution in [3.8, 4) is 0 Å². The van der Waals surface area contributed by atoms with Crippen LogP contribution < -0.4 is 5.73 Å². The Kier molecular flexibility index (Phi) is 4.14. The molecule has 0 bridgehead atoms. The maximum absolute atomic E-state index is 7.31. The van der Waals surface area contributed by atoms with E-state index in [1.165, 1.54) is 12.8 Å². The molecule has 3 nitrogen and oxygen atoms in total. The van der Waals surface area contributed by atoms with E-state index in [1.807, 2.05) is 0 Å². The van der Waals surface area contributed by atoms with E-state index < -0.39 is 0 Å². The smallest absolute Gasteiger partial charge is 0.0911 e. The number of rotatable bonds is 7. The number of nitrogens with one attached hydrogen (secondary N) is 1. The highest BCUT2D eigenvalue weighted by atomic mass is 16.5. The molecule has 1 atom stereocenters. The molecule has 1 aliphatic rings. The highest BCUT2D eigenvalue weighted by Gasteiger charge is 2.43. The standard InChI is InChI=1S/C12H24N2O/c1-9(2)6-10(3)15-8-12(4-5-12)7-11(13)14/h9-10H,4-8H2,1-3H3,(H3,13,14). The van der Waals surface area contributed by atoms with E-state index in [-0.39, 0.29) is 5.41 Å². The Morgan fingerprint density at radius 2 is 2.00 bits per heavy atom. The van der Waals surface area contributed by atoms with Crippen LogP contribution in [0.25, 0.3) is 0 Å². The molecule has 3 heteroatoms. The number of ether oxygens (including phenoxy) is 1. The highest BCUT2D eigenvalue weighted by molar-refractivity contribution is 5.78. The quantitative estimate of drug-likeness (QED) is 0.503. The Morgan fingerprint density at radius 1 is 1.40 bits per heavy atom. The van der Waals surface area contributed by atoms with Gasteiger partial charge >= 0.3 is 0 Å². The molecule has 1 rings (SSSR count). The van der Waals surface area contributed by atoms with Crippen LogP contribution >= 0.6 is 0 Å². The molecule has 15 heavy (non-hydrogen) atoms. The zero-order chi connectivity index (χ0) is 11.5. The predicted octanol–water partition coefficient (Wildman–Crippen LogP) is 2.54. The lowest BCUT2D eigenvalue weighted by molar-refractivity contribution is 0.0231. The third-order valence-corrected chi connectivity index (χ3v) is 3.00. The summed E-state index contributed by atoms with van der Waals surface area (Å²) in [6, 6.07) is 0. The minimum Gasteiger partial charge on any atom is -0.388 e. The first-order valence-electron chi connectivity index (χ1n) is 5.88. The van der Waals surface area contributed by atoms with Gasteiger partial charge in [0.2, 0.25) is 0 Å². The second-order valence-corrected chi connectivity index (χ2v) is 5.45. The second kappa shape index (κ2) is 4.97. The van der Waals surface area contributed by atoms with E-state index in [2.05, 4.69) is 20.8 Å². The third-order valence-electron chi connectivity index (χ3n) is 3.00. The first kappa shape index (κ1) is 12.5. The van der Waals surface area contributed by atoms with Crippen molar-refractivity contribution < 1.29 is 4.74 Å². The number of hydrogen-bond donors (Lipinski definition) is 2. The maximum Gasteiger partial charge on any atom is 0.0911 e. The van der Waals surface area contributed by atoms with Crippen molar-refractivity contribution in [2.45, 2.75) is 52.6 Å². The van der Waals surface area contributed by atoms with E-state index in [9.17, 15) is 0 Å². The molecule has 1 fully saturated rings. The first-order valence-corrected chi connectivity index (χ1v) is 5.88. The van der Waals surface area contributed by atoms with Crippen LogP contribution in [0.15, 0.2) is 0 Å². The molecule has 1 saturated carbocycles. The highest BCUT2D eigenvalue weighted by Crippen LogP contribution is 2.49. The van der Waals surface area contributed by atoms with Crippen LogP contribution in [0.1, 0.15) is 46.5 Å². The zero-order valence-electron chi connectivity index (χ0n) is 10.2. The van der Waals surface area contributed by atoms with Gasteiger partial charge in [0.05, 0.1) is 18.5 Å². The van der Waals surface area contributed by atoms with E-state index in [4.69, 9.17) is 15.9 Å². The van der Waals surface area contributed by atoms with Gasteiger partial charge in [-0.15, -0.1) is 0 Å². The van der Waals surface area contributed by atoms with Crippen LogP contribution in [-0.2, 0) is 4.74 Å².